The quantitative estimate of drug-likeness (QED) is 0.134. The molecule has 4 aliphatic rings. The number of rotatable bonds is 14. The number of nitrogens with one attached hydrogen (secondary N) is 3. The standard InChI is InChI=1S/C49H60N10O8/c1-31-30-57(43(62)22-23-55-25-27-56(28-26-55)35-14-16-37-40(29-35)54(2)49(67)59(37)39-18-20-42(61)52-47(39)65)24-21-34-13-17-38(58(34)48(31)66)46(64)51-36(15-19-41(50)60)45(63)53-44(32-9-5-3-6-10-32)33-11-7-4-8-12-33/h3-12,14,16,29,31,34,36,38-39,44H,13,15,17-28,30H2,1-2H3,(H2,50,60)(H,51,64)(H,53,63)(H,52,61,65)/t31-,34+,36-,38-,39?/m0/s1. The smallest absolute Gasteiger partial charge is 0.329 e. The second-order valence-corrected chi connectivity index (χ2v) is 18.3. The highest BCUT2D eigenvalue weighted by Gasteiger charge is 2.45. The molecule has 4 aromatic rings. The van der Waals surface area contributed by atoms with Crippen molar-refractivity contribution in [3.8, 4) is 0 Å². The van der Waals surface area contributed by atoms with Crippen molar-refractivity contribution >= 4 is 58.1 Å². The zero-order valence-electron chi connectivity index (χ0n) is 38.1. The molecule has 67 heavy (non-hydrogen) atoms. The van der Waals surface area contributed by atoms with Crippen LogP contribution in [0.1, 0.15) is 81.5 Å². The van der Waals surface area contributed by atoms with Crippen molar-refractivity contribution in [1.29, 1.82) is 0 Å². The summed E-state index contributed by atoms with van der Waals surface area (Å²) in [5, 5.41) is 8.31. The van der Waals surface area contributed by atoms with Crippen molar-refractivity contribution in [3.05, 3.63) is 100 Å². The third kappa shape index (κ3) is 10.3. The summed E-state index contributed by atoms with van der Waals surface area (Å²) in [6.45, 7) is 5.89. The summed E-state index contributed by atoms with van der Waals surface area (Å²) < 4.78 is 3.01. The van der Waals surface area contributed by atoms with Crippen LogP contribution < -0.4 is 32.3 Å². The van der Waals surface area contributed by atoms with Gasteiger partial charge in [-0.05, 0) is 61.4 Å². The predicted molar refractivity (Wildman–Crippen MR) is 249 cm³/mol. The van der Waals surface area contributed by atoms with Crippen LogP contribution in [0.5, 0.6) is 0 Å². The first-order valence-electron chi connectivity index (χ1n) is 23.4. The number of aromatic nitrogens is 2. The number of amides is 7. The van der Waals surface area contributed by atoms with Crippen LogP contribution in [0.3, 0.4) is 0 Å². The molecule has 5 heterocycles. The maximum atomic E-state index is 14.1. The van der Waals surface area contributed by atoms with Gasteiger partial charge in [-0.1, -0.05) is 67.6 Å². The van der Waals surface area contributed by atoms with Crippen LogP contribution in [0.4, 0.5) is 5.69 Å². The molecule has 7 amide bonds. The second-order valence-electron chi connectivity index (χ2n) is 18.3. The molecule has 354 valence electrons. The molecule has 0 saturated carbocycles. The molecule has 0 spiro atoms. The molecule has 4 saturated heterocycles. The number of nitrogens with two attached hydrogens (primary N) is 1. The number of piperazine rings is 1. The van der Waals surface area contributed by atoms with Crippen LogP contribution in [0.15, 0.2) is 83.7 Å². The number of carbonyl (C=O) groups excluding carboxylic acids is 7. The van der Waals surface area contributed by atoms with E-state index in [4.69, 9.17) is 5.73 Å². The van der Waals surface area contributed by atoms with Crippen LogP contribution in [-0.2, 0) is 40.6 Å². The SMILES string of the molecule is C[C@H]1CN(C(=O)CCN2CCN(c3ccc4c(c3)n(C)c(=O)n4C3CCC(=O)NC3=O)CC2)CC[C@H]2CC[C@@H](C(=O)N[C@@H](CCC(N)=O)C(=O)NC(c3ccccc3)c3ccccc3)N2C1=O. The van der Waals surface area contributed by atoms with Crippen molar-refractivity contribution in [1.82, 2.24) is 39.8 Å². The molecule has 1 unspecified atom stereocenters. The van der Waals surface area contributed by atoms with E-state index in [1.165, 1.54) is 9.13 Å². The minimum atomic E-state index is -1.08. The fraction of sp³-hybridized carbons (Fsp3) is 0.469. The highest BCUT2D eigenvalue weighted by molar-refractivity contribution is 6.00. The first-order valence-corrected chi connectivity index (χ1v) is 23.4. The number of anilines is 1. The van der Waals surface area contributed by atoms with E-state index in [0.717, 1.165) is 29.9 Å². The number of carbonyl (C=O) groups is 7. The first-order chi connectivity index (χ1) is 32.3. The number of fused-ring (bicyclic) bond motifs is 2. The molecule has 18 nitrogen and oxygen atoms in total. The van der Waals surface area contributed by atoms with Gasteiger partial charge >= 0.3 is 5.69 Å². The molecule has 5 N–H and O–H groups in total. The Morgan fingerprint density at radius 1 is 0.791 bits per heavy atom. The number of primary amides is 1. The van der Waals surface area contributed by atoms with E-state index in [-0.39, 0.29) is 61.7 Å². The van der Waals surface area contributed by atoms with Gasteiger partial charge in [-0.25, -0.2) is 4.79 Å². The molecular formula is C49H60N10O8. The minimum absolute atomic E-state index is 0.0132. The molecule has 0 radical (unpaired) electrons. The largest absolute Gasteiger partial charge is 0.370 e. The average molecular weight is 917 g/mol. The van der Waals surface area contributed by atoms with E-state index in [1.54, 1.807) is 23.8 Å². The molecule has 18 heteroatoms. The fourth-order valence-corrected chi connectivity index (χ4v) is 10.2. The molecule has 3 aromatic carbocycles. The lowest BCUT2D eigenvalue weighted by atomic mass is 9.98. The maximum absolute atomic E-state index is 14.1. The van der Waals surface area contributed by atoms with Crippen LogP contribution in [0.2, 0.25) is 0 Å². The zero-order valence-corrected chi connectivity index (χ0v) is 38.1. The van der Waals surface area contributed by atoms with Gasteiger partial charge in [0.25, 0.3) is 0 Å². The van der Waals surface area contributed by atoms with E-state index in [9.17, 15) is 38.4 Å². The number of nitrogens with zero attached hydrogens (tertiary/aromatic N) is 6. The lowest BCUT2D eigenvalue weighted by Crippen LogP contribution is -2.57. The fourth-order valence-electron chi connectivity index (χ4n) is 10.2. The Kier molecular flexibility index (Phi) is 14.2. The van der Waals surface area contributed by atoms with Crippen LogP contribution in [0, 0.1) is 5.92 Å². The molecule has 5 atom stereocenters. The highest BCUT2D eigenvalue weighted by Crippen LogP contribution is 2.32. The van der Waals surface area contributed by atoms with Crippen molar-refractivity contribution in [2.75, 3.05) is 50.7 Å². The third-order valence-corrected chi connectivity index (χ3v) is 13.9. The summed E-state index contributed by atoms with van der Waals surface area (Å²) in [5.41, 5.74) is 9.15. The van der Waals surface area contributed by atoms with Crippen LogP contribution in [0.25, 0.3) is 11.0 Å². The van der Waals surface area contributed by atoms with Gasteiger partial charge in [-0.3, -0.25) is 52.9 Å². The molecule has 4 aliphatic heterocycles. The lowest BCUT2D eigenvalue weighted by Gasteiger charge is -2.38. The summed E-state index contributed by atoms with van der Waals surface area (Å²) in [5.74, 6) is -3.15. The Balaban J connectivity index is 0.845. The number of aryl methyl sites for hydroxylation is 1. The minimum Gasteiger partial charge on any atom is -0.370 e. The van der Waals surface area contributed by atoms with Crippen LogP contribution in [-0.4, -0.2) is 129 Å². The molecular weight excluding hydrogens is 857 g/mol. The highest BCUT2D eigenvalue weighted by atomic mass is 16.2. The maximum Gasteiger partial charge on any atom is 0.329 e. The number of hydrogen-bond acceptors (Lipinski definition) is 10. The van der Waals surface area contributed by atoms with E-state index in [2.05, 4.69) is 25.8 Å². The predicted octanol–water partition coefficient (Wildman–Crippen LogP) is 1.71. The van der Waals surface area contributed by atoms with Gasteiger partial charge in [0.1, 0.15) is 18.1 Å². The van der Waals surface area contributed by atoms with Gasteiger partial charge in [-0.15, -0.1) is 0 Å². The van der Waals surface area contributed by atoms with Gasteiger partial charge in [0.15, 0.2) is 0 Å². The molecule has 8 rings (SSSR count). The summed E-state index contributed by atoms with van der Waals surface area (Å²) in [4.78, 5) is 113. The van der Waals surface area contributed by atoms with E-state index < -0.39 is 53.7 Å². The van der Waals surface area contributed by atoms with E-state index in [1.807, 2.05) is 78.9 Å². The summed E-state index contributed by atoms with van der Waals surface area (Å²) >= 11 is 0. The third-order valence-electron chi connectivity index (χ3n) is 13.9. The zero-order chi connectivity index (χ0) is 47.4. The normalized spacial score (nSPS) is 22.0. The summed E-state index contributed by atoms with van der Waals surface area (Å²) in [6.07, 6.45) is 2.09. The summed E-state index contributed by atoms with van der Waals surface area (Å²) in [7, 11) is 1.68. The Morgan fingerprint density at radius 2 is 1.48 bits per heavy atom. The topological polar surface area (TPSA) is 221 Å². The van der Waals surface area contributed by atoms with E-state index in [0.29, 0.717) is 62.9 Å². The number of imide groups is 1. The molecule has 0 bridgehead atoms. The summed E-state index contributed by atoms with van der Waals surface area (Å²) in [6, 6.07) is 21.3. The lowest BCUT2D eigenvalue weighted by molar-refractivity contribution is -0.147. The Bertz CT molecular complexity index is 2530. The van der Waals surface area contributed by atoms with Gasteiger partial charge in [0, 0.05) is 83.9 Å². The number of benzene rings is 3. The Labute approximate surface area is 388 Å². The Hall–Kier alpha value is -6.82. The number of piperidine rings is 1. The molecule has 0 aliphatic carbocycles. The van der Waals surface area contributed by atoms with Crippen molar-refractivity contribution in [2.24, 2.45) is 18.7 Å². The van der Waals surface area contributed by atoms with E-state index >= 15 is 0 Å². The van der Waals surface area contributed by atoms with Crippen LogP contribution >= 0.6 is 0 Å². The number of hydrogen-bond donors (Lipinski definition) is 4. The van der Waals surface area contributed by atoms with Gasteiger partial charge in [0.05, 0.1) is 23.0 Å². The van der Waals surface area contributed by atoms with Gasteiger partial charge in [0.2, 0.25) is 41.4 Å². The van der Waals surface area contributed by atoms with Gasteiger partial charge in [-0.2, -0.15) is 0 Å². The second kappa shape index (κ2) is 20.4. The van der Waals surface area contributed by atoms with Crippen molar-refractivity contribution in [2.45, 2.75) is 88.5 Å². The number of imidazole rings is 1. The molecule has 4 fully saturated rings. The van der Waals surface area contributed by atoms with Crippen molar-refractivity contribution < 1.29 is 33.6 Å². The first kappa shape index (κ1) is 46.7. The monoisotopic (exact) mass is 916 g/mol. The average Bonchev–Trinajstić information content (AvgIpc) is 3.86. The molecule has 1 aromatic heterocycles. The van der Waals surface area contributed by atoms with Crippen molar-refractivity contribution in [3.63, 3.8) is 0 Å². The van der Waals surface area contributed by atoms with Gasteiger partial charge < -0.3 is 31.1 Å². The Morgan fingerprint density at radius 3 is 2.13 bits per heavy atom.